The molecule has 0 aromatic carbocycles. The lowest BCUT2D eigenvalue weighted by Gasteiger charge is -2.20. The van der Waals surface area contributed by atoms with E-state index in [-0.39, 0.29) is 25.0 Å². The van der Waals surface area contributed by atoms with Gasteiger partial charge < -0.3 is 14.8 Å². The second-order valence-corrected chi connectivity index (χ2v) is 4.77. The van der Waals surface area contributed by atoms with Crippen LogP contribution >= 0.6 is 0 Å². The summed E-state index contributed by atoms with van der Waals surface area (Å²) >= 11 is 0. The number of rotatable bonds is 9. The molecule has 0 aliphatic heterocycles. The van der Waals surface area contributed by atoms with Crippen molar-refractivity contribution in [2.24, 2.45) is 0 Å². The third-order valence-corrected chi connectivity index (χ3v) is 2.51. The van der Waals surface area contributed by atoms with Crippen molar-refractivity contribution in [1.29, 1.82) is 0 Å². The van der Waals surface area contributed by atoms with E-state index in [1.807, 2.05) is 0 Å². The van der Waals surface area contributed by atoms with Gasteiger partial charge >= 0.3 is 12.0 Å². The van der Waals surface area contributed by atoms with Gasteiger partial charge in [0.05, 0.1) is 26.7 Å². The van der Waals surface area contributed by atoms with Crippen molar-refractivity contribution < 1.29 is 23.9 Å². The van der Waals surface area contributed by atoms with Crippen molar-refractivity contribution in [3.8, 4) is 0 Å². The van der Waals surface area contributed by atoms with Crippen molar-refractivity contribution in [2.45, 2.75) is 26.3 Å². The van der Waals surface area contributed by atoms with Crippen LogP contribution in [0.25, 0.3) is 0 Å². The lowest BCUT2D eigenvalue weighted by Crippen LogP contribution is -2.47. The van der Waals surface area contributed by atoms with E-state index in [0.717, 1.165) is 0 Å². The second-order valence-electron chi connectivity index (χ2n) is 4.77. The van der Waals surface area contributed by atoms with Crippen LogP contribution in [-0.2, 0) is 19.1 Å². The smallest absolute Gasteiger partial charge is 0.321 e. The van der Waals surface area contributed by atoms with Gasteiger partial charge in [0.2, 0.25) is 5.91 Å². The average molecular weight is 303 g/mol. The van der Waals surface area contributed by atoms with Crippen molar-refractivity contribution >= 4 is 17.9 Å². The predicted octanol–water partition coefficient (Wildman–Crippen LogP) is -0.268. The lowest BCUT2D eigenvalue weighted by atomic mass is 10.3. The monoisotopic (exact) mass is 303 g/mol. The summed E-state index contributed by atoms with van der Waals surface area (Å²) in [5, 5.41) is 4.79. The minimum absolute atomic E-state index is 0.00582. The van der Waals surface area contributed by atoms with Gasteiger partial charge in [-0.25, -0.2) is 4.79 Å². The lowest BCUT2D eigenvalue weighted by molar-refractivity contribution is -0.141. The first-order chi connectivity index (χ1) is 9.88. The molecule has 0 fully saturated rings. The van der Waals surface area contributed by atoms with Gasteiger partial charge in [0.15, 0.2) is 0 Å². The highest BCUT2D eigenvalue weighted by Crippen LogP contribution is 1.94. The Hall–Kier alpha value is -1.67. The molecule has 0 saturated carbocycles. The highest BCUT2D eigenvalue weighted by molar-refractivity contribution is 5.95. The zero-order valence-electron chi connectivity index (χ0n) is 13.1. The van der Waals surface area contributed by atoms with Crippen molar-refractivity contribution in [3.63, 3.8) is 0 Å². The van der Waals surface area contributed by atoms with Crippen LogP contribution in [0.15, 0.2) is 0 Å². The van der Waals surface area contributed by atoms with Gasteiger partial charge in [0.25, 0.3) is 0 Å². The number of imide groups is 1. The molecule has 8 nitrogen and oxygen atoms in total. The fourth-order valence-corrected chi connectivity index (χ4v) is 1.51. The fraction of sp³-hybridized carbons (Fsp3) is 0.769. The molecule has 0 rings (SSSR count). The van der Waals surface area contributed by atoms with Crippen molar-refractivity contribution in [1.82, 2.24) is 15.5 Å². The fourth-order valence-electron chi connectivity index (χ4n) is 1.51. The molecule has 0 aliphatic rings. The first kappa shape index (κ1) is 19.3. The number of urea groups is 1. The molecule has 0 unspecified atom stereocenters. The molecule has 0 spiro atoms. The Balaban J connectivity index is 4.27. The molecule has 2 N–H and O–H groups in total. The minimum Gasteiger partial charge on any atom is -0.469 e. The molecular formula is C13H25N3O5. The first-order valence-corrected chi connectivity index (χ1v) is 6.77. The Morgan fingerprint density at radius 1 is 1.14 bits per heavy atom. The van der Waals surface area contributed by atoms with Crippen molar-refractivity contribution in [3.05, 3.63) is 0 Å². The van der Waals surface area contributed by atoms with Crippen LogP contribution in [0.2, 0.25) is 0 Å². The molecule has 0 bridgehead atoms. The molecule has 0 aromatic heterocycles. The third-order valence-electron chi connectivity index (χ3n) is 2.51. The molecular weight excluding hydrogens is 278 g/mol. The Bertz CT molecular complexity index is 347. The number of nitrogens with zero attached hydrogens (tertiary/aromatic N) is 1. The Labute approximate surface area is 125 Å². The van der Waals surface area contributed by atoms with E-state index < -0.39 is 11.9 Å². The topological polar surface area (TPSA) is 97.0 Å². The number of ether oxygens (including phenoxy) is 2. The molecule has 3 amide bonds. The number of esters is 1. The maximum Gasteiger partial charge on any atom is 0.321 e. The van der Waals surface area contributed by atoms with E-state index in [1.165, 1.54) is 7.11 Å². The van der Waals surface area contributed by atoms with Crippen LogP contribution in [0.1, 0.15) is 20.3 Å². The quantitative estimate of drug-likeness (QED) is 0.569. The van der Waals surface area contributed by atoms with Crippen molar-refractivity contribution in [2.75, 3.05) is 40.5 Å². The van der Waals surface area contributed by atoms with Crippen LogP contribution in [0.3, 0.4) is 0 Å². The molecule has 0 aromatic rings. The Morgan fingerprint density at radius 2 is 1.81 bits per heavy atom. The molecule has 122 valence electrons. The minimum atomic E-state index is -0.533. The molecule has 0 heterocycles. The molecule has 0 saturated heterocycles. The van der Waals surface area contributed by atoms with Gasteiger partial charge in [-0.15, -0.1) is 0 Å². The maximum absolute atomic E-state index is 11.8. The highest BCUT2D eigenvalue weighted by Gasteiger charge is 2.15. The number of amides is 3. The summed E-state index contributed by atoms with van der Waals surface area (Å²) in [7, 11) is 2.86. The Morgan fingerprint density at radius 3 is 2.33 bits per heavy atom. The zero-order chi connectivity index (χ0) is 16.3. The van der Waals surface area contributed by atoms with Gasteiger partial charge in [0, 0.05) is 26.2 Å². The van der Waals surface area contributed by atoms with Crippen LogP contribution in [0, 0.1) is 0 Å². The largest absolute Gasteiger partial charge is 0.469 e. The number of carbonyl (C=O) groups is 3. The van der Waals surface area contributed by atoms with E-state index in [9.17, 15) is 14.4 Å². The number of hydrogen-bond acceptors (Lipinski definition) is 6. The summed E-state index contributed by atoms with van der Waals surface area (Å²) in [4.78, 5) is 36.0. The molecule has 0 atom stereocenters. The van der Waals surface area contributed by atoms with Gasteiger partial charge in [-0.05, 0) is 13.8 Å². The van der Waals surface area contributed by atoms with Gasteiger partial charge in [-0.3, -0.25) is 19.8 Å². The van der Waals surface area contributed by atoms with Crippen LogP contribution in [-0.4, -0.2) is 69.3 Å². The Kier molecular flexibility index (Phi) is 10.2. The number of hydrogen-bond donors (Lipinski definition) is 2. The second kappa shape index (κ2) is 11.0. The van der Waals surface area contributed by atoms with E-state index in [1.54, 1.807) is 25.9 Å². The van der Waals surface area contributed by atoms with Gasteiger partial charge in [-0.2, -0.15) is 0 Å². The van der Waals surface area contributed by atoms with Crippen LogP contribution < -0.4 is 10.6 Å². The average Bonchev–Trinajstić information content (AvgIpc) is 2.40. The van der Waals surface area contributed by atoms with Crippen LogP contribution in [0.5, 0.6) is 0 Å². The summed E-state index contributed by atoms with van der Waals surface area (Å²) in [6.07, 6.45) is 0.172. The van der Waals surface area contributed by atoms with Gasteiger partial charge in [-0.1, -0.05) is 0 Å². The van der Waals surface area contributed by atoms with E-state index >= 15 is 0 Å². The SMILES string of the molecule is COCCN(CCC(=O)OC)CC(=O)NC(=O)NC(C)C. The number of methoxy groups -OCH3 is 2. The number of carbonyl (C=O) groups excluding carboxylic acids is 3. The molecule has 0 aliphatic carbocycles. The summed E-state index contributed by atoms with van der Waals surface area (Å²) in [5.74, 6) is -0.788. The first-order valence-electron chi connectivity index (χ1n) is 6.77. The zero-order valence-corrected chi connectivity index (χ0v) is 13.1. The van der Waals surface area contributed by atoms with E-state index in [2.05, 4.69) is 15.4 Å². The molecule has 0 radical (unpaired) electrons. The van der Waals surface area contributed by atoms with E-state index in [0.29, 0.717) is 19.7 Å². The summed E-state index contributed by atoms with van der Waals surface area (Å²) in [6.45, 7) is 4.86. The van der Waals surface area contributed by atoms with Crippen LogP contribution in [0.4, 0.5) is 4.79 Å². The molecule has 21 heavy (non-hydrogen) atoms. The standard InChI is InChI=1S/C13H25N3O5/c1-10(2)14-13(19)15-11(17)9-16(7-8-20-3)6-5-12(18)21-4/h10H,5-9H2,1-4H3,(H2,14,15,17,19). The maximum atomic E-state index is 11.8. The highest BCUT2D eigenvalue weighted by atomic mass is 16.5. The summed E-state index contributed by atoms with van der Waals surface area (Å²) in [6, 6.07) is -0.587. The van der Waals surface area contributed by atoms with E-state index in [4.69, 9.17) is 4.74 Å². The predicted molar refractivity (Wildman–Crippen MR) is 76.8 cm³/mol. The summed E-state index contributed by atoms with van der Waals surface area (Å²) < 4.78 is 9.51. The van der Waals surface area contributed by atoms with Gasteiger partial charge in [0.1, 0.15) is 0 Å². The normalized spacial score (nSPS) is 10.6. The third kappa shape index (κ3) is 10.7. The number of nitrogens with one attached hydrogen (secondary N) is 2. The summed E-state index contributed by atoms with van der Waals surface area (Å²) in [5.41, 5.74) is 0. The molecule has 8 heteroatoms.